The molecule has 2 heteroatoms. The molecule has 2 nitrogen and oxygen atoms in total. The second kappa shape index (κ2) is 5.18. The minimum absolute atomic E-state index is 0.0580. The molecule has 0 bridgehead atoms. The summed E-state index contributed by atoms with van der Waals surface area (Å²) in [5.74, 6) is 3.30. The monoisotopic (exact) mass is 312 g/mol. The van der Waals surface area contributed by atoms with Gasteiger partial charge in [0.2, 0.25) is 0 Å². The van der Waals surface area contributed by atoms with Crippen molar-refractivity contribution in [2.75, 3.05) is 0 Å². The molecule has 1 unspecified atom stereocenters. The first-order valence-corrected chi connectivity index (χ1v) is 9.43. The smallest absolute Gasteiger partial charge is 0.139 e. The van der Waals surface area contributed by atoms with E-state index in [1.54, 1.807) is 0 Å². The summed E-state index contributed by atoms with van der Waals surface area (Å²) in [6.07, 6.45) is 11.1. The first-order chi connectivity index (χ1) is 11.0. The van der Waals surface area contributed by atoms with Gasteiger partial charge in [-0.15, -0.1) is 5.73 Å². The van der Waals surface area contributed by atoms with Crippen LogP contribution in [0.25, 0.3) is 0 Å². The molecule has 4 rings (SSSR count). The highest BCUT2D eigenvalue weighted by molar-refractivity contribution is 5.87. The Morgan fingerprint density at radius 2 is 1.91 bits per heavy atom. The minimum atomic E-state index is -0.0580. The summed E-state index contributed by atoms with van der Waals surface area (Å²) >= 11 is 0. The van der Waals surface area contributed by atoms with Crippen LogP contribution >= 0.6 is 0 Å². The number of fused-ring (bicyclic) bond motifs is 5. The molecule has 0 aromatic carbocycles. The fourth-order valence-electron chi connectivity index (χ4n) is 6.99. The lowest BCUT2D eigenvalue weighted by atomic mass is 9.44. The van der Waals surface area contributed by atoms with Gasteiger partial charge >= 0.3 is 0 Å². The standard InChI is InChI=1S/C21H28O2/c1-3-10-21-12-8-15(22)13-14(21)4-5-16-17-6-7-19(23)20(17,2)11-9-18(16)21/h10,14,16-18H,1,4-9,11-13H2,2H3/t14-,16-,17-,18-,20-,21?/m0/s1. The van der Waals surface area contributed by atoms with Gasteiger partial charge in [-0.1, -0.05) is 13.5 Å². The van der Waals surface area contributed by atoms with Crippen LogP contribution in [0.5, 0.6) is 0 Å². The van der Waals surface area contributed by atoms with Gasteiger partial charge in [0.15, 0.2) is 0 Å². The highest BCUT2D eigenvalue weighted by atomic mass is 16.1. The molecule has 0 N–H and O–H groups in total. The fourth-order valence-corrected chi connectivity index (χ4v) is 6.99. The average molecular weight is 312 g/mol. The van der Waals surface area contributed by atoms with Crippen molar-refractivity contribution in [1.29, 1.82) is 0 Å². The molecule has 0 spiro atoms. The van der Waals surface area contributed by atoms with Gasteiger partial charge < -0.3 is 0 Å². The summed E-state index contributed by atoms with van der Waals surface area (Å²) < 4.78 is 0. The zero-order valence-electron chi connectivity index (χ0n) is 14.3. The Kier molecular flexibility index (Phi) is 3.47. The molecule has 4 aliphatic rings. The first kappa shape index (κ1) is 15.4. The van der Waals surface area contributed by atoms with Gasteiger partial charge in [0.1, 0.15) is 11.6 Å². The lowest BCUT2D eigenvalue weighted by molar-refractivity contribution is -0.140. The van der Waals surface area contributed by atoms with Crippen LogP contribution in [0.1, 0.15) is 64.7 Å². The maximum Gasteiger partial charge on any atom is 0.139 e. The molecule has 0 aromatic heterocycles. The highest BCUT2D eigenvalue weighted by Gasteiger charge is 2.60. The van der Waals surface area contributed by atoms with Crippen molar-refractivity contribution in [2.45, 2.75) is 64.7 Å². The van der Waals surface area contributed by atoms with Crippen molar-refractivity contribution in [3.05, 3.63) is 18.4 Å². The zero-order chi connectivity index (χ0) is 16.2. The van der Waals surface area contributed by atoms with E-state index < -0.39 is 0 Å². The van der Waals surface area contributed by atoms with Gasteiger partial charge in [-0.2, -0.15) is 0 Å². The van der Waals surface area contributed by atoms with Crippen LogP contribution in [0.15, 0.2) is 18.4 Å². The molecule has 0 aromatic rings. The van der Waals surface area contributed by atoms with Crippen molar-refractivity contribution in [3.8, 4) is 0 Å². The Hall–Kier alpha value is -1.14. The Labute approximate surface area is 139 Å². The zero-order valence-corrected chi connectivity index (χ0v) is 14.3. The summed E-state index contributed by atoms with van der Waals surface area (Å²) in [7, 11) is 0. The molecule has 0 aliphatic heterocycles. The van der Waals surface area contributed by atoms with Gasteiger partial charge in [-0.05, 0) is 68.3 Å². The number of hydrogen-bond donors (Lipinski definition) is 0. The number of ketones is 2. The minimum Gasteiger partial charge on any atom is -0.300 e. The largest absolute Gasteiger partial charge is 0.300 e. The van der Waals surface area contributed by atoms with Crippen LogP contribution < -0.4 is 0 Å². The number of allylic oxidation sites excluding steroid dienone is 1. The summed E-state index contributed by atoms with van der Waals surface area (Å²) in [6.45, 7) is 6.10. The van der Waals surface area contributed by atoms with Crippen molar-refractivity contribution in [1.82, 2.24) is 0 Å². The lowest BCUT2D eigenvalue weighted by Gasteiger charge is -2.59. The Balaban J connectivity index is 1.72. The van der Waals surface area contributed by atoms with Crippen molar-refractivity contribution >= 4 is 11.6 Å². The quantitative estimate of drug-likeness (QED) is 0.669. The third-order valence-electron chi connectivity index (χ3n) is 8.13. The van der Waals surface area contributed by atoms with Crippen molar-refractivity contribution in [3.63, 3.8) is 0 Å². The maximum absolute atomic E-state index is 12.5. The predicted octanol–water partition coefficient (Wildman–Crippen LogP) is 4.49. The molecule has 4 aliphatic carbocycles. The second-order valence-corrected chi connectivity index (χ2v) is 8.77. The summed E-state index contributed by atoms with van der Waals surface area (Å²) in [4.78, 5) is 24.5. The van der Waals surface area contributed by atoms with Gasteiger partial charge in [-0.25, -0.2) is 0 Å². The summed E-state index contributed by atoms with van der Waals surface area (Å²) in [5, 5.41) is 0. The van der Waals surface area contributed by atoms with E-state index >= 15 is 0 Å². The number of carbonyl (C=O) groups is 2. The van der Waals surface area contributed by atoms with E-state index in [1.807, 2.05) is 0 Å². The molecule has 0 amide bonds. The fraction of sp³-hybridized carbons (Fsp3) is 0.762. The van der Waals surface area contributed by atoms with Crippen LogP contribution in [-0.2, 0) is 9.59 Å². The molecule has 0 heterocycles. The Morgan fingerprint density at radius 3 is 2.70 bits per heavy atom. The normalized spacial score (nSPS) is 48.9. The molecule has 4 saturated carbocycles. The van der Waals surface area contributed by atoms with E-state index in [2.05, 4.69) is 25.3 Å². The van der Waals surface area contributed by atoms with E-state index in [9.17, 15) is 9.59 Å². The topological polar surface area (TPSA) is 34.1 Å². The Bertz CT molecular complexity index is 599. The van der Waals surface area contributed by atoms with E-state index in [4.69, 9.17) is 0 Å². The molecule has 23 heavy (non-hydrogen) atoms. The maximum atomic E-state index is 12.5. The van der Waals surface area contributed by atoms with E-state index in [-0.39, 0.29) is 10.8 Å². The SMILES string of the molecule is C=C=CC12CCC(=O)C[C@@H]1CC[C@@H]1[C@@H]2CC[C@]2(C)C(=O)CC[C@@H]12. The van der Waals surface area contributed by atoms with E-state index in [1.165, 1.54) is 6.42 Å². The first-order valence-electron chi connectivity index (χ1n) is 9.43. The molecule has 4 fully saturated rings. The van der Waals surface area contributed by atoms with Crippen molar-refractivity contribution < 1.29 is 9.59 Å². The van der Waals surface area contributed by atoms with Crippen LogP contribution in [-0.4, -0.2) is 11.6 Å². The second-order valence-electron chi connectivity index (χ2n) is 8.77. The molecule has 124 valence electrons. The molecule has 0 radical (unpaired) electrons. The molecule has 6 atom stereocenters. The summed E-state index contributed by atoms with van der Waals surface area (Å²) in [5.41, 5.74) is 3.17. The van der Waals surface area contributed by atoms with Gasteiger partial charge in [0.05, 0.1) is 0 Å². The molecular formula is C21H28O2. The van der Waals surface area contributed by atoms with Gasteiger partial charge in [-0.3, -0.25) is 9.59 Å². The number of carbonyl (C=O) groups excluding carboxylic acids is 2. The third-order valence-corrected chi connectivity index (χ3v) is 8.13. The highest BCUT2D eigenvalue weighted by Crippen LogP contribution is 2.65. The number of rotatable bonds is 1. The van der Waals surface area contributed by atoms with Gasteiger partial charge in [0.25, 0.3) is 0 Å². The lowest BCUT2D eigenvalue weighted by Crippen LogP contribution is -2.54. The third kappa shape index (κ3) is 2.00. The predicted molar refractivity (Wildman–Crippen MR) is 89.8 cm³/mol. The van der Waals surface area contributed by atoms with Crippen LogP contribution in [0.2, 0.25) is 0 Å². The van der Waals surface area contributed by atoms with Gasteiger partial charge in [0, 0.05) is 30.1 Å². The number of Topliss-reactive ketones (excluding diaryl/α,β-unsaturated/α-hetero) is 2. The van der Waals surface area contributed by atoms with E-state index in [0.29, 0.717) is 35.2 Å². The molecular weight excluding hydrogens is 284 g/mol. The number of hydrogen-bond acceptors (Lipinski definition) is 2. The Morgan fingerprint density at radius 1 is 1.09 bits per heavy atom. The molecule has 0 saturated heterocycles. The van der Waals surface area contributed by atoms with Crippen molar-refractivity contribution in [2.24, 2.45) is 34.5 Å². The summed E-state index contributed by atoms with van der Waals surface area (Å²) in [6, 6.07) is 0. The average Bonchev–Trinajstić information content (AvgIpc) is 2.84. The van der Waals surface area contributed by atoms with Crippen LogP contribution in [0, 0.1) is 34.5 Å². The van der Waals surface area contributed by atoms with Crippen LogP contribution in [0.3, 0.4) is 0 Å². The van der Waals surface area contributed by atoms with E-state index in [0.717, 1.165) is 51.4 Å². The van der Waals surface area contributed by atoms with Crippen LogP contribution in [0.4, 0.5) is 0 Å².